The fourth-order valence-corrected chi connectivity index (χ4v) is 3.96. The van der Waals surface area contributed by atoms with Gasteiger partial charge in [-0.3, -0.25) is 0 Å². The minimum Gasteiger partial charge on any atom is -0.497 e. The van der Waals surface area contributed by atoms with Gasteiger partial charge in [-0.05, 0) is 35.9 Å². The Morgan fingerprint density at radius 3 is 2.50 bits per heavy atom. The topological polar surface area (TPSA) is 113 Å². The summed E-state index contributed by atoms with van der Waals surface area (Å²) in [7, 11) is 1.59. The van der Waals surface area contributed by atoms with Crippen molar-refractivity contribution in [3.63, 3.8) is 0 Å². The fourth-order valence-electron chi connectivity index (χ4n) is 3.96. The molecule has 2 aliphatic rings. The molecular formula is C26H20N2O6. The van der Waals surface area contributed by atoms with E-state index in [1.165, 1.54) is 0 Å². The highest BCUT2D eigenvalue weighted by Gasteiger charge is 2.32. The number of hydrogen-bond acceptors (Lipinski definition) is 8. The lowest BCUT2D eigenvalue weighted by molar-refractivity contribution is -0.144. The van der Waals surface area contributed by atoms with Crippen LogP contribution in [0.4, 0.5) is 0 Å². The molecule has 0 saturated heterocycles. The van der Waals surface area contributed by atoms with E-state index in [0.29, 0.717) is 28.6 Å². The molecule has 0 spiro atoms. The van der Waals surface area contributed by atoms with Crippen molar-refractivity contribution in [2.75, 3.05) is 13.7 Å². The highest BCUT2D eigenvalue weighted by molar-refractivity contribution is 5.78. The average Bonchev–Trinajstić information content (AvgIpc) is 2.87. The second kappa shape index (κ2) is 8.71. The first-order valence-corrected chi connectivity index (χ1v) is 10.5. The molecule has 2 N–H and O–H groups in total. The van der Waals surface area contributed by atoms with Gasteiger partial charge in [0.25, 0.3) is 0 Å². The first-order chi connectivity index (χ1) is 16.6. The summed E-state index contributed by atoms with van der Waals surface area (Å²) in [5.74, 6) is 1.38. The minimum atomic E-state index is -0.908. The van der Waals surface area contributed by atoms with Gasteiger partial charge in [0, 0.05) is 11.6 Å². The number of nitriles is 1. The maximum Gasteiger partial charge on any atom is 0.356 e. The number of fused-ring (bicyclic) bond motifs is 2. The maximum absolute atomic E-state index is 12.7. The van der Waals surface area contributed by atoms with Crippen LogP contribution in [0.2, 0.25) is 0 Å². The zero-order valence-corrected chi connectivity index (χ0v) is 18.2. The lowest BCUT2D eigenvalue weighted by Gasteiger charge is -2.27. The van der Waals surface area contributed by atoms with Crippen LogP contribution in [0.3, 0.4) is 0 Å². The van der Waals surface area contributed by atoms with Crippen molar-refractivity contribution in [3.05, 3.63) is 89.3 Å². The van der Waals surface area contributed by atoms with Gasteiger partial charge in [0.15, 0.2) is 11.5 Å². The van der Waals surface area contributed by atoms with E-state index in [2.05, 4.69) is 6.07 Å². The molecule has 2 unspecified atom stereocenters. The molecule has 0 bridgehead atoms. The Hall–Kier alpha value is -4.64. The highest BCUT2D eigenvalue weighted by atomic mass is 16.6. The van der Waals surface area contributed by atoms with Crippen molar-refractivity contribution in [2.24, 2.45) is 5.73 Å². The zero-order valence-electron chi connectivity index (χ0n) is 18.2. The van der Waals surface area contributed by atoms with E-state index in [9.17, 15) is 10.1 Å². The molecular weight excluding hydrogens is 436 g/mol. The van der Waals surface area contributed by atoms with E-state index in [1.54, 1.807) is 43.5 Å². The second-order valence-electron chi connectivity index (χ2n) is 7.68. The molecule has 2 aliphatic heterocycles. The number of methoxy groups -OCH3 is 1. The van der Waals surface area contributed by atoms with E-state index in [-0.39, 0.29) is 18.2 Å². The largest absolute Gasteiger partial charge is 0.497 e. The summed E-state index contributed by atoms with van der Waals surface area (Å²) >= 11 is 0. The number of carbonyl (C=O) groups excluding carboxylic acids is 1. The van der Waals surface area contributed by atoms with Crippen LogP contribution in [0.5, 0.6) is 28.7 Å². The van der Waals surface area contributed by atoms with Crippen molar-refractivity contribution in [3.8, 4) is 34.8 Å². The molecule has 170 valence electrons. The molecule has 0 fully saturated rings. The van der Waals surface area contributed by atoms with Crippen LogP contribution in [0.15, 0.2) is 78.2 Å². The molecule has 0 aromatic heterocycles. The molecule has 8 nitrogen and oxygen atoms in total. The Morgan fingerprint density at radius 2 is 1.76 bits per heavy atom. The van der Waals surface area contributed by atoms with Gasteiger partial charge in [0.1, 0.15) is 35.5 Å². The summed E-state index contributed by atoms with van der Waals surface area (Å²) < 4.78 is 27.8. The molecule has 0 aliphatic carbocycles. The summed E-state index contributed by atoms with van der Waals surface area (Å²) in [6.07, 6.45) is -0.908. The number of nitrogens with zero attached hydrogens (tertiary/aromatic N) is 1. The molecule has 0 amide bonds. The van der Waals surface area contributed by atoms with Gasteiger partial charge in [-0.15, -0.1) is 0 Å². The number of rotatable bonds is 4. The third kappa shape index (κ3) is 3.84. The standard InChI is InChI=1S/C26H20N2O6/c1-30-16-8-6-15(7-9-16)24-18-11-10-17(12-22(18)34-25(28)19(24)13-27)32-26(29)23-14-31-20-4-2-3-5-21(20)33-23/h2-12,23-24H,14,28H2,1H3. The van der Waals surface area contributed by atoms with E-state index in [1.807, 2.05) is 30.3 Å². The molecule has 3 aromatic carbocycles. The maximum atomic E-state index is 12.7. The normalized spacial score (nSPS) is 18.2. The van der Waals surface area contributed by atoms with Gasteiger partial charge >= 0.3 is 5.97 Å². The molecule has 34 heavy (non-hydrogen) atoms. The van der Waals surface area contributed by atoms with Gasteiger partial charge in [-0.2, -0.15) is 5.26 Å². The van der Waals surface area contributed by atoms with Crippen LogP contribution in [-0.4, -0.2) is 25.8 Å². The number of esters is 1. The van der Waals surface area contributed by atoms with Gasteiger partial charge < -0.3 is 29.4 Å². The van der Waals surface area contributed by atoms with Crippen LogP contribution in [0.1, 0.15) is 17.0 Å². The second-order valence-corrected chi connectivity index (χ2v) is 7.68. The summed E-state index contributed by atoms with van der Waals surface area (Å²) in [6, 6.07) is 21.6. The lowest BCUT2D eigenvalue weighted by atomic mass is 9.83. The van der Waals surface area contributed by atoms with Crippen molar-refractivity contribution >= 4 is 5.97 Å². The summed E-state index contributed by atoms with van der Waals surface area (Å²) in [6.45, 7) is 0.0397. The molecule has 2 heterocycles. The average molecular weight is 456 g/mol. The first kappa shape index (κ1) is 21.2. The SMILES string of the molecule is COc1ccc(C2C(C#N)=C(N)Oc3cc(OC(=O)C4COc5ccccc5O4)ccc32)cc1. The van der Waals surface area contributed by atoms with Gasteiger partial charge in [-0.25, -0.2) is 4.79 Å². The Balaban J connectivity index is 1.40. The van der Waals surface area contributed by atoms with Gasteiger partial charge in [0.2, 0.25) is 12.0 Å². The molecule has 2 atom stereocenters. The Labute approximate surface area is 195 Å². The van der Waals surface area contributed by atoms with Gasteiger partial charge in [0.05, 0.1) is 13.0 Å². The molecule has 0 radical (unpaired) electrons. The summed E-state index contributed by atoms with van der Waals surface area (Å²) in [5, 5.41) is 9.72. The molecule has 8 heteroatoms. The van der Waals surface area contributed by atoms with E-state index < -0.39 is 18.0 Å². The number of carbonyl (C=O) groups is 1. The highest BCUT2D eigenvalue weighted by Crippen LogP contribution is 2.43. The van der Waals surface area contributed by atoms with Crippen LogP contribution in [0, 0.1) is 11.3 Å². The molecule has 5 rings (SSSR count). The third-order valence-corrected chi connectivity index (χ3v) is 5.63. The third-order valence-electron chi connectivity index (χ3n) is 5.63. The number of benzene rings is 3. The van der Waals surface area contributed by atoms with E-state index in [4.69, 9.17) is 29.4 Å². The van der Waals surface area contributed by atoms with E-state index >= 15 is 0 Å². The lowest BCUT2D eigenvalue weighted by Crippen LogP contribution is -2.39. The smallest absolute Gasteiger partial charge is 0.356 e. The Kier molecular flexibility index (Phi) is 5.44. The predicted molar refractivity (Wildman–Crippen MR) is 121 cm³/mol. The minimum absolute atomic E-state index is 0.0000783. The summed E-state index contributed by atoms with van der Waals surface area (Å²) in [4.78, 5) is 12.7. The van der Waals surface area contributed by atoms with Crippen molar-refractivity contribution < 1.29 is 28.5 Å². The first-order valence-electron chi connectivity index (χ1n) is 10.5. The van der Waals surface area contributed by atoms with Crippen LogP contribution in [-0.2, 0) is 4.79 Å². The van der Waals surface area contributed by atoms with Crippen LogP contribution < -0.4 is 29.4 Å². The molecule has 3 aromatic rings. The Bertz CT molecular complexity index is 1330. The van der Waals surface area contributed by atoms with Crippen LogP contribution >= 0.6 is 0 Å². The monoisotopic (exact) mass is 456 g/mol. The number of allylic oxidation sites excluding steroid dienone is 1. The quantitative estimate of drug-likeness (QED) is 0.468. The number of hydrogen-bond donors (Lipinski definition) is 1. The number of para-hydroxylation sites is 2. The fraction of sp³-hybridized carbons (Fsp3) is 0.154. The number of nitrogens with two attached hydrogens (primary N) is 1. The molecule has 0 saturated carbocycles. The van der Waals surface area contributed by atoms with E-state index in [0.717, 1.165) is 11.1 Å². The number of ether oxygens (including phenoxy) is 5. The van der Waals surface area contributed by atoms with Crippen molar-refractivity contribution in [2.45, 2.75) is 12.0 Å². The zero-order chi connectivity index (χ0) is 23.7. The van der Waals surface area contributed by atoms with Gasteiger partial charge in [-0.1, -0.05) is 30.3 Å². The predicted octanol–water partition coefficient (Wildman–Crippen LogP) is 3.66. The van der Waals surface area contributed by atoms with Crippen molar-refractivity contribution in [1.29, 1.82) is 5.26 Å². The van der Waals surface area contributed by atoms with Crippen LogP contribution in [0.25, 0.3) is 0 Å². The Morgan fingerprint density at radius 1 is 1.03 bits per heavy atom. The summed E-state index contributed by atoms with van der Waals surface area (Å²) in [5.41, 5.74) is 7.94. The van der Waals surface area contributed by atoms with Crippen molar-refractivity contribution in [1.82, 2.24) is 0 Å².